The van der Waals surface area contributed by atoms with Gasteiger partial charge in [0.1, 0.15) is 4.90 Å². The van der Waals surface area contributed by atoms with E-state index in [9.17, 15) is 8.42 Å². The van der Waals surface area contributed by atoms with Gasteiger partial charge in [0.05, 0.1) is 11.4 Å². The van der Waals surface area contributed by atoms with Crippen LogP contribution in [0.4, 0.5) is 0 Å². The number of aromatic nitrogens is 2. The zero-order chi connectivity index (χ0) is 13.2. The van der Waals surface area contributed by atoms with Gasteiger partial charge in [-0.15, -0.1) is 12.4 Å². The Balaban J connectivity index is 0.00000180. The van der Waals surface area contributed by atoms with Crippen LogP contribution in [-0.4, -0.2) is 37.7 Å². The van der Waals surface area contributed by atoms with Crippen molar-refractivity contribution in [2.24, 2.45) is 0 Å². The third kappa shape index (κ3) is 3.92. The molecule has 1 aromatic heterocycles. The third-order valence-electron chi connectivity index (χ3n) is 3.26. The molecule has 0 amide bonds. The lowest BCUT2D eigenvalue weighted by Gasteiger charge is -2.23. The molecule has 110 valence electrons. The van der Waals surface area contributed by atoms with E-state index in [4.69, 9.17) is 0 Å². The van der Waals surface area contributed by atoms with Gasteiger partial charge in [-0.05, 0) is 33.2 Å². The molecule has 1 aliphatic heterocycles. The molecule has 1 atom stereocenters. The van der Waals surface area contributed by atoms with Gasteiger partial charge in [0, 0.05) is 12.6 Å². The molecule has 2 heterocycles. The molecule has 0 saturated carbocycles. The largest absolute Gasteiger partial charge is 0.313 e. The van der Waals surface area contributed by atoms with E-state index < -0.39 is 10.0 Å². The summed E-state index contributed by atoms with van der Waals surface area (Å²) in [5, 5.41) is 9.93. The molecule has 0 radical (unpaired) electrons. The van der Waals surface area contributed by atoms with Crippen LogP contribution in [0.1, 0.15) is 30.7 Å². The minimum Gasteiger partial charge on any atom is -0.313 e. The zero-order valence-electron chi connectivity index (χ0n) is 11.2. The van der Waals surface area contributed by atoms with Crippen LogP contribution in [0, 0.1) is 13.8 Å². The monoisotopic (exact) mass is 308 g/mol. The second-order valence-corrected chi connectivity index (χ2v) is 6.47. The van der Waals surface area contributed by atoms with E-state index in [1.165, 1.54) is 6.42 Å². The number of hydrogen-bond acceptors (Lipinski definition) is 4. The first-order chi connectivity index (χ1) is 8.50. The predicted molar refractivity (Wildman–Crippen MR) is 76.1 cm³/mol. The van der Waals surface area contributed by atoms with Crippen molar-refractivity contribution >= 4 is 22.4 Å². The molecule has 0 spiro atoms. The highest BCUT2D eigenvalue weighted by Gasteiger charge is 2.23. The molecule has 1 fully saturated rings. The van der Waals surface area contributed by atoms with Crippen LogP contribution in [0.25, 0.3) is 0 Å². The van der Waals surface area contributed by atoms with E-state index in [0.717, 1.165) is 19.4 Å². The van der Waals surface area contributed by atoms with E-state index in [0.29, 0.717) is 17.9 Å². The van der Waals surface area contributed by atoms with Gasteiger partial charge in [0.15, 0.2) is 0 Å². The Morgan fingerprint density at radius 2 is 2.11 bits per heavy atom. The van der Waals surface area contributed by atoms with E-state index in [1.807, 2.05) is 0 Å². The fourth-order valence-electron chi connectivity index (χ4n) is 2.32. The highest BCUT2D eigenvalue weighted by atomic mass is 35.5. The molecule has 1 unspecified atom stereocenters. The maximum atomic E-state index is 12.2. The van der Waals surface area contributed by atoms with Crippen molar-refractivity contribution in [3.63, 3.8) is 0 Å². The topological polar surface area (TPSA) is 86.9 Å². The number of halogens is 1. The second-order valence-electron chi connectivity index (χ2n) is 4.76. The van der Waals surface area contributed by atoms with E-state index in [-0.39, 0.29) is 23.3 Å². The predicted octanol–water partition coefficient (Wildman–Crippen LogP) is 0.869. The molecular formula is C11H21ClN4O2S. The lowest BCUT2D eigenvalue weighted by molar-refractivity contribution is 0.398. The molecule has 6 nitrogen and oxygen atoms in total. The molecule has 0 aromatic carbocycles. The summed E-state index contributed by atoms with van der Waals surface area (Å²) in [5.74, 6) is 0. The van der Waals surface area contributed by atoms with Crippen molar-refractivity contribution < 1.29 is 8.42 Å². The summed E-state index contributed by atoms with van der Waals surface area (Å²) in [7, 11) is -3.46. The number of nitrogens with one attached hydrogen (secondary N) is 3. The van der Waals surface area contributed by atoms with Crippen LogP contribution < -0.4 is 10.0 Å². The fraction of sp³-hybridized carbons (Fsp3) is 0.727. The molecule has 1 saturated heterocycles. The summed E-state index contributed by atoms with van der Waals surface area (Å²) in [4.78, 5) is 0.276. The van der Waals surface area contributed by atoms with Crippen molar-refractivity contribution in [2.45, 2.75) is 44.0 Å². The number of H-pyrrole nitrogens is 1. The van der Waals surface area contributed by atoms with Gasteiger partial charge >= 0.3 is 0 Å². The van der Waals surface area contributed by atoms with Crippen LogP contribution in [0.2, 0.25) is 0 Å². The van der Waals surface area contributed by atoms with Gasteiger partial charge < -0.3 is 5.32 Å². The molecule has 0 bridgehead atoms. The molecule has 1 aliphatic rings. The average molecular weight is 309 g/mol. The number of rotatable bonds is 4. The van der Waals surface area contributed by atoms with E-state index >= 15 is 0 Å². The van der Waals surface area contributed by atoms with Gasteiger partial charge in [-0.3, -0.25) is 5.10 Å². The van der Waals surface area contributed by atoms with Gasteiger partial charge in [-0.2, -0.15) is 5.10 Å². The first-order valence-electron chi connectivity index (χ1n) is 6.25. The highest BCUT2D eigenvalue weighted by molar-refractivity contribution is 7.89. The van der Waals surface area contributed by atoms with E-state index in [2.05, 4.69) is 20.2 Å². The molecule has 19 heavy (non-hydrogen) atoms. The van der Waals surface area contributed by atoms with Crippen LogP contribution >= 0.6 is 12.4 Å². The van der Waals surface area contributed by atoms with Crippen molar-refractivity contribution in [2.75, 3.05) is 13.1 Å². The van der Waals surface area contributed by atoms with Gasteiger partial charge in [-0.25, -0.2) is 13.1 Å². The normalized spacial score (nSPS) is 20.0. The summed E-state index contributed by atoms with van der Waals surface area (Å²) < 4.78 is 27.0. The standard InChI is InChI=1S/C11H20N4O2S.ClH/c1-8-11(9(2)15-14-8)18(16,17)13-7-10-5-3-4-6-12-10;/h10,12-13H,3-7H2,1-2H3,(H,14,15);1H. The number of nitrogens with zero attached hydrogens (tertiary/aromatic N) is 1. The third-order valence-corrected chi connectivity index (χ3v) is 4.95. The Labute approximate surface area is 120 Å². The van der Waals surface area contributed by atoms with Crippen LogP contribution in [-0.2, 0) is 10.0 Å². The average Bonchev–Trinajstić information content (AvgIpc) is 2.69. The Morgan fingerprint density at radius 3 is 2.63 bits per heavy atom. The van der Waals surface area contributed by atoms with Crippen LogP contribution in [0.3, 0.4) is 0 Å². The minimum atomic E-state index is -3.46. The molecule has 3 N–H and O–H groups in total. The molecule has 0 aliphatic carbocycles. The summed E-state index contributed by atoms with van der Waals surface area (Å²) in [5.41, 5.74) is 1.09. The fourth-order valence-corrected chi connectivity index (χ4v) is 3.77. The Morgan fingerprint density at radius 1 is 1.37 bits per heavy atom. The lowest BCUT2D eigenvalue weighted by Crippen LogP contribution is -2.43. The Hall–Kier alpha value is -0.630. The number of piperidine rings is 1. The van der Waals surface area contributed by atoms with Crippen LogP contribution in [0.15, 0.2) is 4.90 Å². The summed E-state index contributed by atoms with van der Waals surface area (Å²) in [6, 6.07) is 0.237. The van der Waals surface area contributed by atoms with Gasteiger partial charge in [-0.1, -0.05) is 6.42 Å². The first-order valence-corrected chi connectivity index (χ1v) is 7.73. The van der Waals surface area contributed by atoms with Gasteiger partial charge in [0.25, 0.3) is 0 Å². The molecular weight excluding hydrogens is 288 g/mol. The number of aryl methyl sites for hydroxylation is 2. The van der Waals surface area contributed by atoms with E-state index in [1.54, 1.807) is 13.8 Å². The maximum absolute atomic E-state index is 12.2. The first kappa shape index (κ1) is 16.4. The lowest BCUT2D eigenvalue weighted by atomic mass is 10.1. The number of sulfonamides is 1. The Bertz CT molecular complexity index is 489. The number of hydrogen-bond donors (Lipinski definition) is 3. The summed E-state index contributed by atoms with van der Waals surface area (Å²) >= 11 is 0. The summed E-state index contributed by atoms with van der Waals surface area (Å²) in [6.45, 7) is 4.81. The smallest absolute Gasteiger partial charge is 0.244 e. The highest BCUT2D eigenvalue weighted by Crippen LogP contribution is 2.16. The second kappa shape index (κ2) is 6.69. The van der Waals surface area contributed by atoms with Crippen molar-refractivity contribution in [3.05, 3.63) is 11.4 Å². The van der Waals surface area contributed by atoms with Crippen molar-refractivity contribution in [1.29, 1.82) is 0 Å². The zero-order valence-corrected chi connectivity index (χ0v) is 12.8. The van der Waals surface area contributed by atoms with Gasteiger partial charge in [0.2, 0.25) is 10.0 Å². The SMILES string of the molecule is Cc1n[nH]c(C)c1S(=O)(=O)NCC1CCCCN1.Cl. The maximum Gasteiger partial charge on any atom is 0.244 e. The Kier molecular flexibility index (Phi) is 5.79. The quantitative estimate of drug-likeness (QED) is 0.770. The minimum absolute atomic E-state index is 0. The van der Waals surface area contributed by atoms with Crippen molar-refractivity contribution in [1.82, 2.24) is 20.2 Å². The summed E-state index contributed by atoms with van der Waals surface area (Å²) in [6.07, 6.45) is 3.35. The number of aromatic amines is 1. The van der Waals surface area contributed by atoms with Crippen molar-refractivity contribution in [3.8, 4) is 0 Å². The molecule has 1 aromatic rings. The van der Waals surface area contributed by atoms with Crippen LogP contribution in [0.5, 0.6) is 0 Å². The molecule has 2 rings (SSSR count). The molecule has 8 heteroatoms.